The van der Waals surface area contributed by atoms with E-state index in [0.717, 1.165) is 12.1 Å². The number of likely N-dealkylation sites (N-methyl/N-ethyl adjacent to an activating group) is 1. The number of nitrogens with zero attached hydrogens (tertiary/aromatic N) is 1. The zero-order chi connectivity index (χ0) is 12.8. The molecule has 0 radical (unpaired) electrons. The highest BCUT2D eigenvalue weighted by Crippen LogP contribution is 2.10. The van der Waals surface area contributed by atoms with Gasteiger partial charge in [-0.25, -0.2) is 8.78 Å². The van der Waals surface area contributed by atoms with Crippen molar-refractivity contribution in [3.8, 4) is 0 Å². The number of benzene rings is 1. The molecule has 0 heterocycles. The van der Waals surface area contributed by atoms with Gasteiger partial charge in [0.1, 0.15) is 11.6 Å². The van der Waals surface area contributed by atoms with Gasteiger partial charge >= 0.3 is 5.97 Å². The second-order valence-electron chi connectivity index (χ2n) is 3.80. The first-order valence-corrected chi connectivity index (χ1v) is 5.22. The summed E-state index contributed by atoms with van der Waals surface area (Å²) >= 11 is 0. The molecule has 0 aromatic heterocycles. The topological polar surface area (TPSA) is 29.5 Å². The van der Waals surface area contributed by atoms with Crippen LogP contribution in [0.4, 0.5) is 8.78 Å². The molecule has 94 valence electrons. The van der Waals surface area contributed by atoms with Crippen LogP contribution in [0, 0.1) is 11.6 Å². The number of hydrogen-bond donors (Lipinski definition) is 0. The Morgan fingerprint density at radius 3 is 2.76 bits per heavy atom. The van der Waals surface area contributed by atoms with Crippen molar-refractivity contribution < 1.29 is 18.3 Å². The Hall–Kier alpha value is -1.49. The van der Waals surface area contributed by atoms with Crippen LogP contribution in [0.15, 0.2) is 18.2 Å². The number of halogens is 2. The highest BCUT2D eigenvalue weighted by atomic mass is 19.1. The van der Waals surface area contributed by atoms with Gasteiger partial charge in [-0.2, -0.15) is 0 Å². The highest BCUT2D eigenvalue weighted by molar-refractivity contribution is 5.71. The number of methoxy groups -OCH3 is 1. The van der Waals surface area contributed by atoms with Crippen LogP contribution < -0.4 is 0 Å². The van der Waals surface area contributed by atoms with Crippen LogP contribution in [0.5, 0.6) is 0 Å². The molecule has 0 bridgehead atoms. The molecule has 1 aromatic carbocycles. The number of hydrogen-bond acceptors (Lipinski definition) is 3. The summed E-state index contributed by atoms with van der Waals surface area (Å²) in [4.78, 5) is 12.6. The van der Waals surface area contributed by atoms with Crippen LogP contribution in [0.1, 0.15) is 5.56 Å². The molecule has 5 heteroatoms. The monoisotopic (exact) mass is 243 g/mol. The fraction of sp³-hybridized carbons (Fsp3) is 0.417. The van der Waals surface area contributed by atoms with Crippen molar-refractivity contribution in [2.24, 2.45) is 0 Å². The first-order chi connectivity index (χ1) is 8.02. The molecule has 0 N–H and O–H groups in total. The van der Waals surface area contributed by atoms with Gasteiger partial charge in [-0.3, -0.25) is 9.69 Å². The predicted octanol–water partition coefficient (Wildman–Crippen LogP) is 1.61. The maximum atomic E-state index is 13.3. The standard InChI is InChI=1S/C12H15F2NO2/c1-15(8-12(16)17-2)6-5-9-7-10(13)3-4-11(9)14/h3-4,7H,5-6,8H2,1-2H3. The number of carbonyl (C=O) groups is 1. The Balaban J connectivity index is 2.49. The van der Waals surface area contributed by atoms with E-state index in [1.54, 1.807) is 11.9 Å². The largest absolute Gasteiger partial charge is 0.468 e. The van der Waals surface area contributed by atoms with Crippen molar-refractivity contribution in [3.63, 3.8) is 0 Å². The van der Waals surface area contributed by atoms with Crippen LogP contribution in [0.2, 0.25) is 0 Å². The molecule has 3 nitrogen and oxygen atoms in total. The quantitative estimate of drug-likeness (QED) is 0.736. The van der Waals surface area contributed by atoms with Gasteiger partial charge in [0, 0.05) is 6.54 Å². The third-order valence-corrected chi connectivity index (χ3v) is 2.40. The summed E-state index contributed by atoms with van der Waals surface area (Å²) in [5, 5.41) is 0. The van der Waals surface area contributed by atoms with Gasteiger partial charge in [0.25, 0.3) is 0 Å². The van der Waals surface area contributed by atoms with Gasteiger partial charge in [0.15, 0.2) is 0 Å². The summed E-state index contributed by atoms with van der Waals surface area (Å²) in [6.07, 6.45) is 0.344. The third-order valence-electron chi connectivity index (χ3n) is 2.40. The Bertz CT molecular complexity index is 396. The van der Waals surface area contributed by atoms with Crippen molar-refractivity contribution in [2.45, 2.75) is 6.42 Å². The van der Waals surface area contributed by atoms with Crippen LogP contribution in [-0.2, 0) is 16.0 Å². The molecule has 0 spiro atoms. The van der Waals surface area contributed by atoms with Crippen molar-refractivity contribution in [1.82, 2.24) is 4.90 Å². The molecular formula is C12H15F2NO2. The molecule has 0 unspecified atom stereocenters. The van der Waals surface area contributed by atoms with Crippen LogP contribution >= 0.6 is 0 Å². The van der Waals surface area contributed by atoms with Gasteiger partial charge in [-0.05, 0) is 37.2 Å². The molecule has 0 amide bonds. The minimum Gasteiger partial charge on any atom is -0.468 e. The molecule has 0 aliphatic heterocycles. The molecule has 0 aliphatic carbocycles. The van der Waals surface area contributed by atoms with E-state index in [-0.39, 0.29) is 12.5 Å². The van der Waals surface area contributed by atoms with Gasteiger partial charge in [-0.1, -0.05) is 0 Å². The van der Waals surface area contributed by atoms with Gasteiger partial charge in [0.2, 0.25) is 0 Å². The van der Waals surface area contributed by atoms with E-state index < -0.39 is 11.6 Å². The first-order valence-electron chi connectivity index (χ1n) is 5.22. The molecule has 1 aromatic rings. The fourth-order valence-electron chi connectivity index (χ4n) is 1.41. The second kappa shape index (κ2) is 6.30. The smallest absolute Gasteiger partial charge is 0.319 e. The van der Waals surface area contributed by atoms with Gasteiger partial charge in [-0.15, -0.1) is 0 Å². The molecule has 0 saturated carbocycles. The number of rotatable bonds is 5. The predicted molar refractivity (Wildman–Crippen MR) is 59.6 cm³/mol. The van der Waals surface area contributed by atoms with Crippen LogP contribution in [0.3, 0.4) is 0 Å². The maximum Gasteiger partial charge on any atom is 0.319 e. The first kappa shape index (κ1) is 13.6. The number of esters is 1. The van der Waals surface area contributed by atoms with Crippen LogP contribution in [0.25, 0.3) is 0 Å². The lowest BCUT2D eigenvalue weighted by molar-refractivity contribution is -0.141. The van der Waals surface area contributed by atoms with E-state index in [2.05, 4.69) is 4.74 Å². The molecule has 1 rings (SSSR count). The van der Waals surface area contributed by atoms with E-state index in [0.29, 0.717) is 18.5 Å². The lowest BCUT2D eigenvalue weighted by atomic mass is 10.1. The molecule has 0 fully saturated rings. The number of ether oxygens (including phenoxy) is 1. The molecule has 0 atom stereocenters. The molecule has 0 aliphatic rings. The minimum atomic E-state index is -0.461. The molecular weight excluding hydrogens is 228 g/mol. The second-order valence-corrected chi connectivity index (χ2v) is 3.80. The zero-order valence-electron chi connectivity index (χ0n) is 9.87. The maximum absolute atomic E-state index is 13.3. The Kier molecular flexibility index (Phi) is 5.03. The van der Waals surface area contributed by atoms with E-state index in [4.69, 9.17) is 0 Å². The summed E-state index contributed by atoms with van der Waals surface area (Å²) in [7, 11) is 3.02. The van der Waals surface area contributed by atoms with Crippen molar-refractivity contribution in [1.29, 1.82) is 0 Å². The molecule has 17 heavy (non-hydrogen) atoms. The molecule has 0 saturated heterocycles. The van der Waals surface area contributed by atoms with E-state index >= 15 is 0 Å². The van der Waals surface area contributed by atoms with E-state index in [9.17, 15) is 13.6 Å². The normalized spacial score (nSPS) is 10.6. The Labute approximate surface area is 99.0 Å². The van der Waals surface area contributed by atoms with Crippen molar-refractivity contribution >= 4 is 5.97 Å². The highest BCUT2D eigenvalue weighted by Gasteiger charge is 2.08. The van der Waals surface area contributed by atoms with Crippen LogP contribution in [-0.4, -0.2) is 38.1 Å². The summed E-state index contributed by atoms with van der Waals surface area (Å²) < 4.78 is 30.7. The third kappa shape index (κ3) is 4.48. The lowest BCUT2D eigenvalue weighted by Gasteiger charge is -2.15. The number of carbonyl (C=O) groups excluding carboxylic acids is 1. The average Bonchev–Trinajstić information content (AvgIpc) is 2.30. The summed E-state index contributed by atoms with van der Waals surface area (Å²) in [6.45, 7) is 0.586. The Morgan fingerprint density at radius 1 is 1.41 bits per heavy atom. The van der Waals surface area contributed by atoms with Gasteiger partial charge < -0.3 is 4.74 Å². The zero-order valence-corrected chi connectivity index (χ0v) is 9.87. The lowest BCUT2D eigenvalue weighted by Crippen LogP contribution is -2.28. The average molecular weight is 243 g/mol. The summed E-state index contributed by atoms with van der Waals surface area (Å²) in [5.74, 6) is -1.25. The SMILES string of the molecule is COC(=O)CN(C)CCc1cc(F)ccc1F. The van der Waals surface area contributed by atoms with E-state index in [1.807, 2.05) is 0 Å². The van der Waals surface area contributed by atoms with Gasteiger partial charge in [0.05, 0.1) is 13.7 Å². The van der Waals surface area contributed by atoms with E-state index in [1.165, 1.54) is 13.2 Å². The van der Waals surface area contributed by atoms with Crippen molar-refractivity contribution in [3.05, 3.63) is 35.4 Å². The summed E-state index contributed by atoms with van der Waals surface area (Å²) in [6, 6.07) is 3.35. The van der Waals surface area contributed by atoms with Crippen molar-refractivity contribution in [2.75, 3.05) is 27.2 Å². The fourth-order valence-corrected chi connectivity index (χ4v) is 1.41. The minimum absolute atomic E-state index is 0.132. The Morgan fingerprint density at radius 2 is 2.12 bits per heavy atom. The summed E-state index contributed by atoms with van der Waals surface area (Å²) in [5.41, 5.74) is 0.307.